The lowest BCUT2D eigenvalue weighted by molar-refractivity contribution is -0.139. The first-order chi connectivity index (χ1) is 12.3. The molecule has 1 aromatic heterocycles. The summed E-state index contributed by atoms with van der Waals surface area (Å²) in [5.41, 5.74) is -0.232. The summed E-state index contributed by atoms with van der Waals surface area (Å²) in [6, 6.07) is 6.98. The number of amides is 1. The molecule has 140 valence electrons. The summed E-state index contributed by atoms with van der Waals surface area (Å²) in [6.07, 6.45) is 0.0809. The maximum atomic E-state index is 12.1. The van der Waals surface area contributed by atoms with Crippen molar-refractivity contribution in [2.45, 2.75) is 31.7 Å². The number of halogens is 1. The van der Waals surface area contributed by atoms with Gasteiger partial charge < -0.3 is 19.7 Å². The first-order valence-electron chi connectivity index (χ1n) is 7.91. The van der Waals surface area contributed by atoms with Gasteiger partial charge in [-0.25, -0.2) is 0 Å². The van der Waals surface area contributed by atoms with E-state index < -0.39 is 11.5 Å². The fraction of sp³-hybridized carbons (Fsp3) is 0.412. The van der Waals surface area contributed by atoms with Crippen LogP contribution in [0.4, 0.5) is 0 Å². The molecule has 0 radical (unpaired) electrons. The van der Waals surface area contributed by atoms with Gasteiger partial charge in [0, 0.05) is 30.5 Å². The van der Waals surface area contributed by atoms with E-state index in [0.717, 1.165) is 5.56 Å². The number of nitrogens with one attached hydrogen (secondary N) is 1. The topological polar surface area (TPSA) is 115 Å². The van der Waals surface area contributed by atoms with Crippen molar-refractivity contribution in [3.63, 3.8) is 0 Å². The van der Waals surface area contributed by atoms with Crippen LogP contribution in [-0.2, 0) is 20.7 Å². The van der Waals surface area contributed by atoms with E-state index in [-0.39, 0.29) is 31.8 Å². The molecule has 1 atom stereocenters. The standard InChI is InChI=1S/C17H20ClN3O5/c1-17(10-25-2,9-15(23)24)20-13(22)7-8-14-19-16(21-26-14)11-3-5-12(18)6-4-11/h3-6H,7-10H2,1-2H3,(H,20,22)(H,23,24). The van der Waals surface area contributed by atoms with E-state index in [0.29, 0.717) is 16.7 Å². The summed E-state index contributed by atoms with van der Waals surface area (Å²) >= 11 is 5.84. The van der Waals surface area contributed by atoms with Crippen molar-refractivity contribution in [3.05, 3.63) is 35.2 Å². The van der Waals surface area contributed by atoms with Crippen LogP contribution < -0.4 is 5.32 Å². The molecule has 0 aliphatic carbocycles. The van der Waals surface area contributed by atoms with E-state index in [4.69, 9.17) is 26.0 Å². The molecule has 9 heteroatoms. The molecular weight excluding hydrogens is 362 g/mol. The Hall–Kier alpha value is -2.45. The highest BCUT2D eigenvalue weighted by atomic mass is 35.5. The maximum absolute atomic E-state index is 12.1. The number of carboxylic acid groups (broad SMARTS) is 1. The largest absolute Gasteiger partial charge is 0.481 e. The lowest BCUT2D eigenvalue weighted by atomic mass is 9.98. The van der Waals surface area contributed by atoms with Gasteiger partial charge in [-0.2, -0.15) is 4.98 Å². The van der Waals surface area contributed by atoms with E-state index in [1.807, 2.05) is 0 Å². The molecule has 2 N–H and O–H groups in total. The molecule has 2 rings (SSSR count). The highest BCUT2D eigenvalue weighted by Crippen LogP contribution is 2.19. The Morgan fingerprint density at radius 2 is 2.04 bits per heavy atom. The number of nitrogens with zero attached hydrogens (tertiary/aromatic N) is 2. The number of aliphatic carboxylic acids is 1. The lowest BCUT2D eigenvalue weighted by Gasteiger charge is -2.28. The van der Waals surface area contributed by atoms with Gasteiger partial charge in [0.05, 0.1) is 18.6 Å². The fourth-order valence-electron chi connectivity index (χ4n) is 2.48. The van der Waals surface area contributed by atoms with E-state index in [9.17, 15) is 9.59 Å². The summed E-state index contributed by atoms with van der Waals surface area (Å²) in [5.74, 6) is -0.615. The van der Waals surface area contributed by atoms with Gasteiger partial charge in [-0.1, -0.05) is 16.8 Å². The van der Waals surface area contributed by atoms with Gasteiger partial charge in [0.25, 0.3) is 0 Å². The molecule has 1 unspecified atom stereocenters. The smallest absolute Gasteiger partial charge is 0.305 e. The van der Waals surface area contributed by atoms with Crippen molar-refractivity contribution in [1.82, 2.24) is 15.5 Å². The molecule has 2 aromatic rings. The molecule has 0 saturated heterocycles. The van der Waals surface area contributed by atoms with Crippen LogP contribution in [0.1, 0.15) is 25.7 Å². The summed E-state index contributed by atoms with van der Waals surface area (Å²) in [6.45, 7) is 1.71. The highest BCUT2D eigenvalue weighted by Gasteiger charge is 2.29. The monoisotopic (exact) mass is 381 g/mol. The first kappa shape index (κ1) is 19.9. The minimum atomic E-state index is -1.02. The summed E-state index contributed by atoms with van der Waals surface area (Å²) in [4.78, 5) is 27.3. The predicted octanol–water partition coefficient (Wildman–Crippen LogP) is 2.32. The average molecular weight is 382 g/mol. The molecule has 1 heterocycles. The van der Waals surface area contributed by atoms with Crippen LogP contribution >= 0.6 is 11.6 Å². The fourth-order valence-corrected chi connectivity index (χ4v) is 2.60. The van der Waals surface area contributed by atoms with Crippen LogP contribution in [0.15, 0.2) is 28.8 Å². The quantitative estimate of drug-likeness (QED) is 0.684. The van der Waals surface area contributed by atoms with Crippen molar-refractivity contribution in [2.24, 2.45) is 0 Å². The van der Waals surface area contributed by atoms with Gasteiger partial charge in [0.15, 0.2) is 0 Å². The van der Waals surface area contributed by atoms with E-state index >= 15 is 0 Å². The number of carbonyl (C=O) groups excluding carboxylic acids is 1. The zero-order valence-corrected chi connectivity index (χ0v) is 15.2. The minimum absolute atomic E-state index is 0.0845. The number of methoxy groups -OCH3 is 1. The number of hydrogen-bond acceptors (Lipinski definition) is 6. The Kier molecular flexibility index (Phi) is 6.70. The Morgan fingerprint density at radius 3 is 2.65 bits per heavy atom. The summed E-state index contributed by atoms with van der Waals surface area (Å²) < 4.78 is 10.2. The molecule has 0 aliphatic heterocycles. The van der Waals surface area contributed by atoms with Crippen molar-refractivity contribution in [1.29, 1.82) is 0 Å². The number of aryl methyl sites for hydroxylation is 1. The van der Waals surface area contributed by atoms with Crippen LogP contribution in [0.25, 0.3) is 11.4 Å². The number of carbonyl (C=O) groups is 2. The average Bonchev–Trinajstić information content (AvgIpc) is 3.01. The highest BCUT2D eigenvalue weighted by molar-refractivity contribution is 6.30. The Labute approximate surface area is 155 Å². The molecule has 1 amide bonds. The maximum Gasteiger partial charge on any atom is 0.305 e. The molecule has 8 nitrogen and oxygen atoms in total. The van der Waals surface area contributed by atoms with Crippen molar-refractivity contribution in [3.8, 4) is 11.4 Å². The molecule has 0 aliphatic rings. The molecule has 0 saturated carbocycles. The second kappa shape index (κ2) is 8.77. The normalized spacial score (nSPS) is 13.2. The van der Waals surface area contributed by atoms with Crippen LogP contribution in [0.3, 0.4) is 0 Å². The van der Waals surface area contributed by atoms with Gasteiger partial charge in [-0.05, 0) is 31.2 Å². The van der Waals surface area contributed by atoms with Gasteiger partial charge in [-0.3, -0.25) is 9.59 Å². The third kappa shape index (κ3) is 5.82. The van der Waals surface area contributed by atoms with E-state index in [1.165, 1.54) is 7.11 Å². The van der Waals surface area contributed by atoms with Crippen LogP contribution in [0, 0.1) is 0 Å². The second-order valence-corrected chi connectivity index (χ2v) is 6.57. The SMILES string of the molecule is COCC(C)(CC(=O)O)NC(=O)CCc1nc(-c2ccc(Cl)cc2)no1. The van der Waals surface area contributed by atoms with Crippen LogP contribution in [-0.4, -0.2) is 46.4 Å². The first-order valence-corrected chi connectivity index (χ1v) is 8.29. The molecule has 0 fully saturated rings. The number of ether oxygens (including phenoxy) is 1. The molecule has 1 aromatic carbocycles. The summed E-state index contributed by atoms with van der Waals surface area (Å²) in [5, 5.41) is 16.2. The van der Waals surface area contributed by atoms with Gasteiger partial charge >= 0.3 is 5.97 Å². The van der Waals surface area contributed by atoms with Crippen molar-refractivity contribution in [2.75, 3.05) is 13.7 Å². The zero-order chi connectivity index (χ0) is 19.2. The third-order valence-electron chi connectivity index (χ3n) is 3.58. The Balaban J connectivity index is 1.92. The zero-order valence-electron chi connectivity index (χ0n) is 14.5. The number of aromatic nitrogens is 2. The predicted molar refractivity (Wildman–Crippen MR) is 93.7 cm³/mol. The molecule has 0 bridgehead atoms. The van der Waals surface area contributed by atoms with Crippen molar-refractivity contribution < 1.29 is 24.0 Å². The lowest BCUT2D eigenvalue weighted by Crippen LogP contribution is -2.50. The number of benzene rings is 1. The van der Waals surface area contributed by atoms with Gasteiger partial charge in [0.1, 0.15) is 0 Å². The van der Waals surface area contributed by atoms with E-state index in [2.05, 4.69) is 15.5 Å². The third-order valence-corrected chi connectivity index (χ3v) is 3.83. The molecular formula is C17H20ClN3O5. The van der Waals surface area contributed by atoms with Crippen LogP contribution in [0.2, 0.25) is 5.02 Å². The van der Waals surface area contributed by atoms with Gasteiger partial charge in [0.2, 0.25) is 17.6 Å². The summed E-state index contributed by atoms with van der Waals surface area (Å²) in [7, 11) is 1.45. The van der Waals surface area contributed by atoms with Gasteiger partial charge in [-0.15, -0.1) is 0 Å². The molecule has 26 heavy (non-hydrogen) atoms. The number of carboxylic acids is 1. The van der Waals surface area contributed by atoms with Crippen LogP contribution in [0.5, 0.6) is 0 Å². The van der Waals surface area contributed by atoms with Crippen molar-refractivity contribution >= 4 is 23.5 Å². The molecule has 0 spiro atoms. The second-order valence-electron chi connectivity index (χ2n) is 6.13. The van der Waals surface area contributed by atoms with E-state index in [1.54, 1.807) is 31.2 Å². The minimum Gasteiger partial charge on any atom is -0.481 e. The Morgan fingerprint density at radius 1 is 1.35 bits per heavy atom. The Bertz CT molecular complexity index is 762. The number of rotatable bonds is 9. The number of hydrogen-bond donors (Lipinski definition) is 2.